The fourth-order valence-corrected chi connectivity index (χ4v) is 2.24. The third kappa shape index (κ3) is 3.36. The number of carboxylic acids is 1. The number of aromatic nitrogens is 2. The monoisotopic (exact) mass is 265 g/mol. The smallest absolute Gasteiger partial charge is 0.328 e. The molecule has 1 aromatic heterocycles. The van der Waals surface area contributed by atoms with E-state index < -0.39 is 5.97 Å². The van der Waals surface area contributed by atoms with Crippen molar-refractivity contribution in [2.24, 2.45) is 7.05 Å². The van der Waals surface area contributed by atoms with Gasteiger partial charge in [0.05, 0.1) is 5.69 Å². The Bertz CT molecular complexity index is 477. The maximum absolute atomic E-state index is 10.7. The SMILES string of the molecule is CCC(C)N(CC)c1c(C=CC(=O)O)c(C)nn1C. The van der Waals surface area contributed by atoms with Crippen LogP contribution in [0.4, 0.5) is 5.82 Å². The first-order valence-corrected chi connectivity index (χ1v) is 6.63. The zero-order valence-corrected chi connectivity index (χ0v) is 12.3. The van der Waals surface area contributed by atoms with Crippen molar-refractivity contribution >= 4 is 17.9 Å². The standard InChI is InChI=1S/C14H23N3O2/c1-6-10(3)17(7-2)14-12(8-9-13(18)19)11(4)15-16(14)5/h8-10H,6-7H2,1-5H3,(H,18,19). The average molecular weight is 265 g/mol. The van der Waals surface area contributed by atoms with Gasteiger partial charge in [-0.2, -0.15) is 5.10 Å². The lowest BCUT2D eigenvalue weighted by molar-refractivity contribution is -0.131. The van der Waals surface area contributed by atoms with Crippen LogP contribution in [-0.2, 0) is 11.8 Å². The average Bonchev–Trinajstić information content (AvgIpc) is 2.62. The molecule has 0 bridgehead atoms. The molecule has 5 nitrogen and oxygen atoms in total. The highest BCUT2D eigenvalue weighted by Crippen LogP contribution is 2.26. The van der Waals surface area contributed by atoms with Gasteiger partial charge in [-0.15, -0.1) is 0 Å². The van der Waals surface area contributed by atoms with Crippen LogP contribution in [0, 0.1) is 6.92 Å². The molecule has 19 heavy (non-hydrogen) atoms. The Morgan fingerprint density at radius 1 is 1.53 bits per heavy atom. The van der Waals surface area contributed by atoms with Gasteiger partial charge in [-0.1, -0.05) is 6.92 Å². The number of hydrogen-bond acceptors (Lipinski definition) is 3. The van der Waals surface area contributed by atoms with Crippen LogP contribution < -0.4 is 4.90 Å². The first-order chi connectivity index (χ1) is 8.92. The molecule has 0 saturated heterocycles. The summed E-state index contributed by atoms with van der Waals surface area (Å²) in [5.41, 5.74) is 1.73. The highest BCUT2D eigenvalue weighted by molar-refractivity contribution is 5.87. The first-order valence-electron chi connectivity index (χ1n) is 6.63. The van der Waals surface area contributed by atoms with Crippen molar-refractivity contribution in [2.75, 3.05) is 11.4 Å². The molecule has 0 spiro atoms. The summed E-state index contributed by atoms with van der Waals surface area (Å²) in [6.45, 7) is 9.16. The third-order valence-corrected chi connectivity index (χ3v) is 3.37. The van der Waals surface area contributed by atoms with Crippen molar-refractivity contribution < 1.29 is 9.90 Å². The summed E-state index contributed by atoms with van der Waals surface area (Å²) in [6, 6.07) is 0.386. The molecule has 0 aliphatic carbocycles. The van der Waals surface area contributed by atoms with E-state index in [1.807, 2.05) is 18.7 Å². The van der Waals surface area contributed by atoms with Gasteiger partial charge in [0.15, 0.2) is 0 Å². The molecule has 106 valence electrons. The molecule has 1 N–H and O–H groups in total. The highest BCUT2D eigenvalue weighted by atomic mass is 16.4. The number of aliphatic carboxylic acids is 1. The fourth-order valence-electron chi connectivity index (χ4n) is 2.24. The van der Waals surface area contributed by atoms with Gasteiger partial charge in [0.25, 0.3) is 0 Å². The Kier molecular flexibility index (Phi) is 5.15. The van der Waals surface area contributed by atoms with Crippen molar-refractivity contribution in [3.05, 3.63) is 17.3 Å². The van der Waals surface area contributed by atoms with Crippen molar-refractivity contribution in [1.29, 1.82) is 0 Å². The summed E-state index contributed by atoms with van der Waals surface area (Å²) >= 11 is 0. The van der Waals surface area contributed by atoms with Crippen molar-refractivity contribution in [1.82, 2.24) is 9.78 Å². The zero-order valence-electron chi connectivity index (χ0n) is 12.3. The van der Waals surface area contributed by atoms with E-state index >= 15 is 0 Å². The molecular formula is C14H23N3O2. The Balaban J connectivity index is 3.28. The van der Waals surface area contributed by atoms with Gasteiger partial charge in [0, 0.05) is 31.3 Å². The minimum absolute atomic E-state index is 0.386. The molecule has 0 radical (unpaired) electrons. The normalized spacial score (nSPS) is 12.9. The maximum Gasteiger partial charge on any atom is 0.328 e. The second kappa shape index (κ2) is 6.41. The van der Waals surface area contributed by atoms with Crippen LogP contribution in [0.1, 0.15) is 38.4 Å². The number of rotatable bonds is 6. The minimum atomic E-state index is -0.944. The lowest BCUT2D eigenvalue weighted by atomic mass is 10.1. The van der Waals surface area contributed by atoms with E-state index in [4.69, 9.17) is 5.11 Å². The Hall–Kier alpha value is -1.78. The number of carboxylic acid groups (broad SMARTS) is 1. The summed E-state index contributed by atoms with van der Waals surface area (Å²) in [4.78, 5) is 13.0. The Labute approximate surface area is 114 Å². The lowest BCUT2D eigenvalue weighted by Crippen LogP contribution is -2.34. The van der Waals surface area contributed by atoms with Crippen LogP contribution in [0.25, 0.3) is 6.08 Å². The second-order valence-corrected chi connectivity index (χ2v) is 4.66. The molecule has 5 heteroatoms. The maximum atomic E-state index is 10.7. The van der Waals surface area contributed by atoms with E-state index in [1.54, 1.807) is 6.08 Å². The Morgan fingerprint density at radius 2 is 2.16 bits per heavy atom. The number of nitrogens with zero attached hydrogens (tertiary/aromatic N) is 3. The highest BCUT2D eigenvalue weighted by Gasteiger charge is 2.20. The first kappa shape index (κ1) is 15.3. The second-order valence-electron chi connectivity index (χ2n) is 4.66. The molecule has 0 aliphatic rings. The molecular weight excluding hydrogens is 242 g/mol. The topological polar surface area (TPSA) is 58.4 Å². The summed E-state index contributed by atoms with van der Waals surface area (Å²) in [5, 5.41) is 13.2. The molecule has 1 aromatic rings. The van der Waals surface area contributed by atoms with Gasteiger partial charge in [0.1, 0.15) is 5.82 Å². The van der Waals surface area contributed by atoms with Gasteiger partial charge < -0.3 is 10.0 Å². The van der Waals surface area contributed by atoms with Gasteiger partial charge in [0.2, 0.25) is 0 Å². The molecule has 1 unspecified atom stereocenters. The third-order valence-electron chi connectivity index (χ3n) is 3.37. The summed E-state index contributed by atoms with van der Waals surface area (Å²) in [7, 11) is 1.89. The number of hydrogen-bond donors (Lipinski definition) is 1. The van der Waals surface area contributed by atoms with Crippen molar-refractivity contribution in [2.45, 2.75) is 40.2 Å². The zero-order chi connectivity index (χ0) is 14.6. The van der Waals surface area contributed by atoms with Crippen LogP contribution in [0.15, 0.2) is 6.08 Å². The van der Waals surface area contributed by atoms with Crippen molar-refractivity contribution in [3.63, 3.8) is 0 Å². The van der Waals surface area contributed by atoms with E-state index in [2.05, 4.69) is 30.8 Å². The van der Waals surface area contributed by atoms with Crippen LogP contribution >= 0.6 is 0 Å². The molecule has 1 atom stereocenters. The largest absolute Gasteiger partial charge is 0.478 e. The molecule has 1 heterocycles. The van der Waals surface area contributed by atoms with Crippen LogP contribution in [0.5, 0.6) is 0 Å². The fraction of sp³-hybridized carbons (Fsp3) is 0.571. The lowest BCUT2D eigenvalue weighted by Gasteiger charge is -2.30. The summed E-state index contributed by atoms with van der Waals surface area (Å²) < 4.78 is 1.83. The molecule has 0 amide bonds. The molecule has 0 aromatic carbocycles. The van der Waals surface area contributed by atoms with Gasteiger partial charge in [-0.05, 0) is 33.3 Å². The molecule has 0 saturated carbocycles. The van der Waals surface area contributed by atoms with Gasteiger partial charge >= 0.3 is 5.97 Å². The van der Waals surface area contributed by atoms with Crippen LogP contribution in [0.3, 0.4) is 0 Å². The Morgan fingerprint density at radius 3 is 2.63 bits per heavy atom. The molecule has 0 fully saturated rings. The van der Waals surface area contributed by atoms with Crippen LogP contribution in [0.2, 0.25) is 0 Å². The minimum Gasteiger partial charge on any atom is -0.478 e. The quantitative estimate of drug-likeness (QED) is 0.803. The van der Waals surface area contributed by atoms with E-state index in [1.165, 1.54) is 0 Å². The van der Waals surface area contributed by atoms with E-state index in [9.17, 15) is 4.79 Å². The molecule has 1 rings (SSSR count). The molecule has 0 aliphatic heterocycles. The van der Waals surface area contributed by atoms with Crippen LogP contribution in [-0.4, -0.2) is 33.4 Å². The van der Waals surface area contributed by atoms with E-state index in [-0.39, 0.29) is 0 Å². The van der Waals surface area contributed by atoms with E-state index in [0.29, 0.717) is 6.04 Å². The van der Waals surface area contributed by atoms with Gasteiger partial charge in [-0.3, -0.25) is 4.68 Å². The predicted octanol–water partition coefficient (Wildman–Crippen LogP) is 2.45. The number of carbonyl (C=O) groups is 1. The van der Waals surface area contributed by atoms with E-state index in [0.717, 1.165) is 36.1 Å². The number of anilines is 1. The summed E-state index contributed by atoms with van der Waals surface area (Å²) in [5.74, 6) is 0.0349. The predicted molar refractivity (Wildman–Crippen MR) is 77.4 cm³/mol. The number of aryl methyl sites for hydroxylation is 2. The van der Waals surface area contributed by atoms with Crippen molar-refractivity contribution in [3.8, 4) is 0 Å². The van der Waals surface area contributed by atoms with Gasteiger partial charge in [-0.25, -0.2) is 4.79 Å². The summed E-state index contributed by atoms with van der Waals surface area (Å²) in [6.07, 6.45) is 3.82.